The van der Waals surface area contributed by atoms with Crippen molar-refractivity contribution >= 4 is 5.82 Å². The van der Waals surface area contributed by atoms with Crippen molar-refractivity contribution < 1.29 is 18.0 Å². The van der Waals surface area contributed by atoms with Crippen LogP contribution in [-0.2, 0) is 4.74 Å². The van der Waals surface area contributed by atoms with Gasteiger partial charge in [0.1, 0.15) is 12.4 Å². The highest BCUT2D eigenvalue weighted by molar-refractivity contribution is 5.43. The quantitative estimate of drug-likeness (QED) is 0.709. The molecule has 0 atom stereocenters. The summed E-state index contributed by atoms with van der Waals surface area (Å²) in [6.07, 6.45) is 1.45. The lowest BCUT2D eigenvalue weighted by Gasteiger charge is -2.35. The van der Waals surface area contributed by atoms with Gasteiger partial charge < -0.3 is 19.7 Å². The molecule has 124 valence electrons. The largest absolute Gasteiger partial charge is 0.489 e. The van der Waals surface area contributed by atoms with Gasteiger partial charge in [-0.05, 0) is 7.05 Å². The molecule has 0 saturated carbocycles. The Morgan fingerprint density at radius 2 is 2.18 bits per heavy atom. The molecule has 1 saturated heterocycles. The van der Waals surface area contributed by atoms with Crippen LogP contribution < -0.4 is 15.0 Å². The Labute approximate surface area is 135 Å². The Hall–Kier alpha value is -1.44. The topological polar surface area (TPSA) is 49.9 Å². The smallest absolute Gasteiger partial charge is 0.169 e. The van der Waals surface area contributed by atoms with E-state index in [2.05, 4.69) is 19.9 Å². The zero-order valence-corrected chi connectivity index (χ0v) is 12.8. The second-order valence-corrected chi connectivity index (χ2v) is 5.11. The predicted molar refractivity (Wildman–Crippen MR) is 84.1 cm³/mol. The number of hydrogen-bond acceptors (Lipinski definition) is 6. The van der Waals surface area contributed by atoms with Gasteiger partial charge in [-0.2, -0.15) is 0 Å². The van der Waals surface area contributed by atoms with Crippen molar-refractivity contribution in [3.8, 4) is 5.75 Å². The van der Waals surface area contributed by atoms with Crippen molar-refractivity contribution in [2.24, 2.45) is 0 Å². The number of nitrogens with one attached hydrogen (secondary N) is 1. The number of aromatic nitrogens is 1. The molecule has 0 unspecified atom stereocenters. The SMILES string of the molecule is [2H]C([2H])([2H])OCCOc1cnc(N2CCN(CCNC)CC2)c(F)c1. The molecule has 1 aliphatic heterocycles. The van der Waals surface area contributed by atoms with Gasteiger partial charge in [0, 0.05) is 52.4 Å². The molecule has 1 aromatic rings. The first-order valence-electron chi connectivity index (χ1n) is 8.93. The molecule has 0 amide bonds. The van der Waals surface area contributed by atoms with Crippen LogP contribution in [0.4, 0.5) is 10.2 Å². The Bertz CT molecular complexity index is 540. The molecular formula is C15H25FN4O2. The third-order valence-electron chi connectivity index (χ3n) is 3.60. The maximum Gasteiger partial charge on any atom is 0.169 e. The van der Waals surface area contributed by atoms with Gasteiger partial charge in [0.25, 0.3) is 0 Å². The molecule has 1 aliphatic rings. The van der Waals surface area contributed by atoms with E-state index in [9.17, 15) is 4.39 Å². The molecule has 0 bridgehead atoms. The summed E-state index contributed by atoms with van der Waals surface area (Å²) in [4.78, 5) is 8.41. The number of nitrogens with zero attached hydrogens (tertiary/aromatic N) is 3. The van der Waals surface area contributed by atoms with E-state index in [0.29, 0.717) is 5.82 Å². The standard InChI is InChI=1S/C15H25FN4O2/c1-17-3-4-19-5-7-20(8-6-19)15-14(16)11-13(12-18-15)22-10-9-21-2/h11-12,17H,3-10H2,1-2H3/i2D3. The number of ether oxygens (including phenoxy) is 2. The van der Waals surface area contributed by atoms with Gasteiger partial charge in [-0.1, -0.05) is 0 Å². The van der Waals surface area contributed by atoms with E-state index in [1.54, 1.807) is 0 Å². The number of piperazine rings is 1. The number of anilines is 1. The summed E-state index contributed by atoms with van der Waals surface area (Å²) in [6.45, 7) is 5.01. The van der Waals surface area contributed by atoms with E-state index < -0.39 is 12.9 Å². The molecule has 6 nitrogen and oxygen atoms in total. The number of pyridine rings is 1. The van der Waals surface area contributed by atoms with Crippen molar-refractivity contribution in [2.45, 2.75) is 0 Å². The van der Waals surface area contributed by atoms with Gasteiger partial charge in [-0.25, -0.2) is 9.37 Å². The molecule has 0 radical (unpaired) electrons. The lowest BCUT2D eigenvalue weighted by Crippen LogP contribution is -2.48. The van der Waals surface area contributed by atoms with Crippen LogP contribution in [0.25, 0.3) is 0 Å². The van der Waals surface area contributed by atoms with E-state index in [4.69, 9.17) is 8.85 Å². The Balaban J connectivity index is 1.81. The van der Waals surface area contributed by atoms with Gasteiger partial charge >= 0.3 is 0 Å². The molecule has 1 N–H and O–H groups in total. The zero-order chi connectivity index (χ0) is 18.3. The van der Waals surface area contributed by atoms with E-state index >= 15 is 0 Å². The van der Waals surface area contributed by atoms with Crippen LogP contribution >= 0.6 is 0 Å². The third-order valence-corrected chi connectivity index (χ3v) is 3.60. The minimum Gasteiger partial charge on any atom is -0.489 e. The highest BCUT2D eigenvalue weighted by Crippen LogP contribution is 2.22. The average molecular weight is 315 g/mol. The summed E-state index contributed by atoms with van der Waals surface area (Å²) < 4.78 is 44.9. The Kier molecular flexibility index (Phi) is 5.26. The molecule has 2 rings (SSSR count). The van der Waals surface area contributed by atoms with Crippen LogP contribution in [-0.4, -0.2) is 76.5 Å². The lowest BCUT2D eigenvalue weighted by molar-refractivity contribution is 0.146. The van der Waals surface area contributed by atoms with Crippen LogP contribution in [0.15, 0.2) is 12.3 Å². The van der Waals surface area contributed by atoms with Gasteiger partial charge in [0.05, 0.1) is 16.9 Å². The fraction of sp³-hybridized carbons (Fsp3) is 0.667. The molecular weight excluding hydrogens is 287 g/mol. The monoisotopic (exact) mass is 315 g/mol. The number of methoxy groups -OCH3 is 1. The first kappa shape index (κ1) is 13.0. The van der Waals surface area contributed by atoms with Crippen LogP contribution in [0.1, 0.15) is 4.11 Å². The molecule has 7 heteroatoms. The molecule has 22 heavy (non-hydrogen) atoms. The van der Waals surface area contributed by atoms with Gasteiger partial charge in [-0.3, -0.25) is 4.90 Å². The van der Waals surface area contributed by atoms with E-state index in [0.717, 1.165) is 39.3 Å². The fourth-order valence-corrected chi connectivity index (χ4v) is 2.38. The van der Waals surface area contributed by atoms with Crippen molar-refractivity contribution in [1.29, 1.82) is 0 Å². The summed E-state index contributed by atoms with van der Waals surface area (Å²) in [5.74, 6) is 0.125. The second kappa shape index (κ2) is 8.87. The minimum absolute atomic E-state index is 0.0169. The highest BCUT2D eigenvalue weighted by Gasteiger charge is 2.20. The van der Waals surface area contributed by atoms with Crippen LogP contribution in [0, 0.1) is 5.82 Å². The lowest BCUT2D eigenvalue weighted by atomic mass is 10.3. The summed E-state index contributed by atoms with van der Waals surface area (Å²) in [7, 11) is -0.527. The molecule has 0 spiro atoms. The Morgan fingerprint density at radius 3 is 2.86 bits per heavy atom. The maximum absolute atomic E-state index is 14.3. The molecule has 1 aromatic heterocycles. The number of halogens is 1. The summed E-state index contributed by atoms with van der Waals surface area (Å²) in [5.41, 5.74) is 0. The van der Waals surface area contributed by atoms with Crippen molar-refractivity contribution in [3.05, 3.63) is 18.1 Å². The number of rotatable bonds is 8. The van der Waals surface area contributed by atoms with E-state index in [1.807, 2.05) is 11.9 Å². The van der Waals surface area contributed by atoms with Crippen molar-refractivity contribution in [3.63, 3.8) is 0 Å². The first-order valence-corrected chi connectivity index (χ1v) is 7.43. The minimum atomic E-state index is -2.45. The van der Waals surface area contributed by atoms with E-state index in [-0.39, 0.29) is 19.0 Å². The van der Waals surface area contributed by atoms with Crippen molar-refractivity contribution in [2.75, 3.05) is 71.5 Å². The van der Waals surface area contributed by atoms with Gasteiger partial charge in [0.2, 0.25) is 0 Å². The zero-order valence-electron chi connectivity index (χ0n) is 15.8. The maximum atomic E-state index is 14.3. The summed E-state index contributed by atoms with van der Waals surface area (Å²) >= 11 is 0. The normalized spacial score (nSPS) is 18.6. The van der Waals surface area contributed by atoms with Gasteiger partial charge in [0.15, 0.2) is 11.6 Å². The fourth-order valence-electron chi connectivity index (χ4n) is 2.38. The summed E-state index contributed by atoms with van der Waals surface area (Å²) in [5, 5.41) is 3.12. The Morgan fingerprint density at radius 1 is 1.36 bits per heavy atom. The van der Waals surface area contributed by atoms with Crippen molar-refractivity contribution in [1.82, 2.24) is 15.2 Å². The van der Waals surface area contributed by atoms with Crippen LogP contribution in [0.3, 0.4) is 0 Å². The van der Waals surface area contributed by atoms with Gasteiger partial charge in [-0.15, -0.1) is 0 Å². The molecule has 0 aliphatic carbocycles. The van der Waals surface area contributed by atoms with E-state index in [1.165, 1.54) is 12.3 Å². The van der Waals surface area contributed by atoms with Crippen LogP contribution in [0.2, 0.25) is 0 Å². The van der Waals surface area contributed by atoms with Crippen LogP contribution in [0.5, 0.6) is 5.75 Å². The molecule has 1 fully saturated rings. The first-order chi connectivity index (χ1) is 11.9. The number of likely N-dealkylation sites (N-methyl/N-ethyl adjacent to an activating group) is 1. The predicted octanol–water partition coefficient (Wildman–Crippen LogP) is 0.587. The third kappa shape index (κ3) is 4.79. The highest BCUT2D eigenvalue weighted by atomic mass is 19.1. The summed E-state index contributed by atoms with van der Waals surface area (Å²) in [6, 6.07) is 1.27. The average Bonchev–Trinajstić information content (AvgIpc) is 2.57. The molecule has 2 heterocycles. The second-order valence-electron chi connectivity index (χ2n) is 5.11. The molecule has 0 aromatic carbocycles. The number of hydrogen-bond donors (Lipinski definition) is 1.